The van der Waals surface area contributed by atoms with Gasteiger partial charge in [-0.15, -0.1) is 11.3 Å². The van der Waals surface area contributed by atoms with Crippen molar-refractivity contribution in [3.63, 3.8) is 0 Å². The Labute approximate surface area is 138 Å². The molecule has 1 atom stereocenters. The van der Waals surface area contributed by atoms with E-state index in [-0.39, 0.29) is 24.6 Å². The largest absolute Gasteiger partial charge is 0.508 e. The van der Waals surface area contributed by atoms with Crippen molar-refractivity contribution < 1.29 is 15.0 Å². The number of carbonyl (C=O) groups excluding carboxylic acids is 1. The van der Waals surface area contributed by atoms with E-state index in [1.54, 1.807) is 24.3 Å². The number of carbonyl (C=O) groups is 1. The molecule has 3 N–H and O–H groups in total. The molecule has 3 aromatic rings. The maximum atomic E-state index is 11.9. The molecule has 0 aliphatic rings. The van der Waals surface area contributed by atoms with Gasteiger partial charge in [0, 0.05) is 16.1 Å². The lowest BCUT2D eigenvalue weighted by molar-refractivity contribution is -0.120. The van der Waals surface area contributed by atoms with E-state index >= 15 is 0 Å². The lowest BCUT2D eigenvalue weighted by atomic mass is 10.1. The van der Waals surface area contributed by atoms with Crippen LogP contribution in [-0.4, -0.2) is 22.7 Å². The van der Waals surface area contributed by atoms with E-state index in [4.69, 9.17) is 0 Å². The number of amides is 1. The van der Waals surface area contributed by atoms with Crippen molar-refractivity contribution in [2.75, 3.05) is 6.54 Å². The SMILES string of the molecule is O=C(Cc1cccc(O)c1)NC[C@H](O)c1cc2ccccc2s1. The Bertz CT molecular complexity index is 795. The summed E-state index contributed by atoms with van der Waals surface area (Å²) in [7, 11) is 0. The summed E-state index contributed by atoms with van der Waals surface area (Å²) in [6.07, 6.45) is -0.548. The molecule has 118 valence electrons. The maximum absolute atomic E-state index is 11.9. The van der Waals surface area contributed by atoms with E-state index in [0.717, 1.165) is 20.5 Å². The van der Waals surface area contributed by atoms with Crippen LogP contribution in [0.3, 0.4) is 0 Å². The Balaban J connectivity index is 1.57. The van der Waals surface area contributed by atoms with Gasteiger partial charge >= 0.3 is 0 Å². The standard InChI is InChI=1S/C18H17NO3S/c20-14-6-3-4-12(8-14)9-18(22)19-11-15(21)17-10-13-5-1-2-7-16(13)23-17/h1-8,10,15,20-21H,9,11H2,(H,19,22)/t15-/m0/s1. The molecule has 0 unspecified atom stereocenters. The molecule has 2 aromatic carbocycles. The fourth-order valence-electron chi connectivity index (χ4n) is 2.39. The summed E-state index contributed by atoms with van der Waals surface area (Å²) in [5, 5.41) is 23.5. The summed E-state index contributed by atoms with van der Waals surface area (Å²) in [6.45, 7) is 0.171. The van der Waals surface area contributed by atoms with Gasteiger partial charge < -0.3 is 15.5 Å². The lowest BCUT2D eigenvalue weighted by Crippen LogP contribution is -2.29. The Kier molecular flexibility index (Phi) is 4.60. The smallest absolute Gasteiger partial charge is 0.224 e. The van der Waals surface area contributed by atoms with Crippen molar-refractivity contribution in [1.82, 2.24) is 5.32 Å². The maximum Gasteiger partial charge on any atom is 0.224 e. The Morgan fingerprint density at radius 2 is 1.96 bits per heavy atom. The van der Waals surface area contributed by atoms with Gasteiger partial charge in [0.05, 0.1) is 6.42 Å². The number of hydrogen-bond acceptors (Lipinski definition) is 4. The predicted octanol–water partition coefficient (Wildman–Crippen LogP) is 3.00. The second kappa shape index (κ2) is 6.81. The third-order valence-electron chi connectivity index (χ3n) is 3.54. The van der Waals surface area contributed by atoms with Crippen LogP contribution in [0.25, 0.3) is 10.1 Å². The lowest BCUT2D eigenvalue weighted by Gasteiger charge is -2.10. The molecule has 1 heterocycles. The molecular formula is C18H17NO3S. The predicted molar refractivity (Wildman–Crippen MR) is 91.6 cm³/mol. The zero-order valence-corrected chi connectivity index (χ0v) is 13.2. The average Bonchev–Trinajstić information content (AvgIpc) is 2.97. The van der Waals surface area contributed by atoms with Crippen LogP contribution in [0.15, 0.2) is 54.6 Å². The molecule has 0 bridgehead atoms. The number of benzene rings is 2. The van der Waals surface area contributed by atoms with Crippen molar-refractivity contribution in [3.05, 3.63) is 65.0 Å². The van der Waals surface area contributed by atoms with Crippen molar-refractivity contribution in [3.8, 4) is 5.75 Å². The van der Waals surface area contributed by atoms with Crippen LogP contribution in [0, 0.1) is 0 Å². The molecule has 0 aliphatic carbocycles. The minimum Gasteiger partial charge on any atom is -0.508 e. The second-order valence-electron chi connectivity index (χ2n) is 5.35. The first kappa shape index (κ1) is 15.5. The Hall–Kier alpha value is -2.37. The molecule has 1 amide bonds. The van der Waals surface area contributed by atoms with Crippen LogP contribution in [0.5, 0.6) is 5.75 Å². The Morgan fingerprint density at radius 3 is 2.74 bits per heavy atom. The number of thiophene rings is 1. The Morgan fingerprint density at radius 1 is 1.13 bits per heavy atom. The fraction of sp³-hybridized carbons (Fsp3) is 0.167. The molecule has 0 spiro atoms. The van der Waals surface area contributed by atoms with Crippen LogP contribution in [0.1, 0.15) is 16.5 Å². The van der Waals surface area contributed by atoms with Gasteiger partial charge in [-0.1, -0.05) is 30.3 Å². The number of fused-ring (bicyclic) bond motifs is 1. The summed E-state index contributed by atoms with van der Waals surface area (Å²) in [5.74, 6) is -0.0450. The van der Waals surface area contributed by atoms with E-state index in [9.17, 15) is 15.0 Å². The van der Waals surface area contributed by atoms with E-state index in [1.807, 2.05) is 30.3 Å². The molecule has 0 fully saturated rings. The van der Waals surface area contributed by atoms with E-state index in [2.05, 4.69) is 5.32 Å². The van der Waals surface area contributed by atoms with Gasteiger partial charge in [-0.25, -0.2) is 0 Å². The van der Waals surface area contributed by atoms with E-state index in [0.29, 0.717) is 0 Å². The minimum atomic E-state index is -0.722. The third kappa shape index (κ3) is 3.88. The van der Waals surface area contributed by atoms with Gasteiger partial charge in [-0.05, 0) is 35.2 Å². The second-order valence-corrected chi connectivity index (χ2v) is 6.47. The molecule has 5 heteroatoms. The quantitative estimate of drug-likeness (QED) is 0.675. The van der Waals surface area contributed by atoms with Crippen LogP contribution in [-0.2, 0) is 11.2 Å². The first-order chi connectivity index (χ1) is 11.1. The van der Waals surface area contributed by atoms with Gasteiger partial charge in [-0.2, -0.15) is 0 Å². The molecule has 23 heavy (non-hydrogen) atoms. The van der Waals surface area contributed by atoms with Gasteiger partial charge in [0.1, 0.15) is 11.9 Å². The van der Waals surface area contributed by atoms with Gasteiger partial charge in [0.15, 0.2) is 0 Å². The highest BCUT2D eigenvalue weighted by molar-refractivity contribution is 7.19. The first-order valence-corrected chi connectivity index (χ1v) is 8.14. The van der Waals surface area contributed by atoms with Gasteiger partial charge in [-0.3, -0.25) is 4.79 Å². The number of aliphatic hydroxyl groups excluding tert-OH is 1. The first-order valence-electron chi connectivity index (χ1n) is 7.33. The van der Waals surface area contributed by atoms with E-state index in [1.165, 1.54) is 11.3 Å². The van der Waals surface area contributed by atoms with Gasteiger partial charge in [0.25, 0.3) is 0 Å². The monoisotopic (exact) mass is 327 g/mol. The van der Waals surface area contributed by atoms with Crippen LogP contribution in [0.4, 0.5) is 0 Å². The molecular weight excluding hydrogens is 310 g/mol. The summed E-state index contributed by atoms with van der Waals surface area (Å²) in [5.41, 5.74) is 0.735. The number of aromatic hydroxyl groups is 1. The highest BCUT2D eigenvalue weighted by Crippen LogP contribution is 2.29. The third-order valence-corrected chi connectivity index (χ3v) is 4.76. The zero-order valence-electron chi connectivity index (χ0n) is 12.4. The number of hydrogen-bond donors (Lipinski definition) is 3. The van der Waals surface area contributed by atoms with Crippen LogP contribution >= 0.6 is 11.3 Å². The molecule has 3 rings (SSSR count). The average molecular weight is 327 g/mol. The molecule has 0 radical (unpaired) electrons. The minimum absolute atomic E-state index is 0.139. The zero-order chi connectivity index (χ0) is 16.2. The normalized spacial score (nSPS) is 12.2. The van der Waals surface area contributed by atoms with Crippen molar-refractivity contribution in [1.29, 1.82) is 0 Å². The van der Waals surface area contributed by atoms with Crippen molar-refractivity contribution >= 4 is 27.3 Å². The molecule has 0 saturated heterocycles. The number of phenols is 1. The van der Waals surface area contributed by atoms with Gasteiger partial charge in [0.2, 0.25) is 5.91 Å². The number of rotatable bonds is 5. The number of aliphatic hydroxyl groups is 1. The highest BCUT2D eigenvalue weighted by atomic mass is 32.1. The van der Waals surface area contributed by atoms with E-state index < -0.39 is 6.10 Å². The molecule has 0 saturated carbocycles. The molecule has 1 aromatic heterocycles. The fourth-order valence-corrected chi connectivity index (χ4v) is 3.44. The molecule has 0 aliphatic heterocycles. The summed E-state index contributed by atoms with van der Waals surface area (Å²) in [4.78, 5) is 12.8. The van der Waals surface area contributed by atoms with Crippen molar-refractivity contribution in [2.45, 2.75) is 12.5 Å². The highest BCUT2D eigenvalue weighted by Gasteiger charge is 2.13. The summed E-state index contributed by atoms with van der Waals surface area (Å²) < 4.78 is 1.12. The van der Waals surface area contributed by atoms with Crippen molar-refractivity contribution in [2.24, 2.45) is 0 Å². The number of nitrogens with one attached hydrogen (secondary N) is 1. The number of phenolic OH excluding ortho intramolecular Hbond substituents is 1. The molecule has 4 nitrogen and oxygen atoms in total. The summed E-state index contributed by atoms with van der Waals surface area (Å²) in [6, 6.07) is 16.5. The summed E-state index contributed by atoms with van der Waals surface area (Å²) >= 11 is 1.53. The van der Waals surface area contributed by atoms with Crippen LogP contribution < -0.4 is 5.32 Å². The van der Waals surface area contributed by atoms with Crippen LogP contribution in [0.2, 0.25) is 0 Å². The topological polar surface area (TPSA) is 69.6 Å².